The van der Waals surface area contributed by atoms with Gasteiger partial charge < -0.3 is 20.7 Å². The lowest BCUT2D eigenvalue weighted by atomic mass is 10.1. The molecule has 2 rings (SSSR count). The van der Waals surface area contributed by atoms with Gasteiger partial charge in [-0.1, -0.05) is 29.4 Å². The van der Waals surface area contributed by atoms with Crippen molar-refractivity contribution in [1.29, 1.82) is 0 Å². The van der Waals surface area contributed by atoms with Crippen molar-refractivity contribution in [2.45, 2.75) is 19.4 Å². The first kappa shape index (κ1) is 14.8. The zero-order valence-corrected chi connectivity index (χ0v) is 12.1. The van der Waals surface area contributed by atoms with Crippen LogP contribution in [-0.4, -0.2) is 54.1 Å². The van der Waals surface area contributed by atoms with Gasteiger partial charge in [-0.05, 0) is 38.5 Å². The number of amidine groups is 1. The molecule has 0 unspecified atom stereocenters. The Labute approximate surface area is 120 Å². The van der Waals surface area contributed by atoms with Crippen molar-refractivity contribution in [3.63, 3.8) is 0 Å². The number of likely N-dealkylation sites (N-methyl/N-ethyl adjacent to an activating group) is 1. The topological polar surface area (TPSA) is 65.1 Å². The monoisotopic (exact) mass is 276 g/mol. The highest BCUT2D eigenvalue weighted by Crippen LogP contribution is 2.09. The minimum Gasteiger partial charge on any atom is -0.409 e. The molecule has 1 aromatic rings. The number of hydrogen-bond donors (Lipinski definition) is 2. The number of rotatable bonds is 6. The predicted molar refractivity (Wildman–Crippen MR) is 81.0 cm³/mol. The highest BCUT2D eigenvalue weighted by atomic mass is 16.4. The Balaban J connectivity index is 1.79. The summed E-state index contributed by atoms with van der Waals surface area (Å²) in [5.74, 6) is 0.152. The maximum Gasteiger partial charge on any atom is 0.170 e. The van der Waals surface area contributed by atoms with Crippen LogP contribution in [0.15, 0.2) is 29.4 Å². The normalized spacial score (nSPS) is 17.0. The summed E-state index contributed by atoms with van der Waals surface area (Å²) in [4.78, 5) is 4.86. The zero-order chi connectivity index (χ0) is 14.4. The first-order valence-corrected chi connectivity index (χ1v) is 7.17. The van der Waals surface area contributed by atoms with Crippen LogP contribution in [0.2, 0.25) is 0 Å². The first-order chi connectivity index (χ1) is 9.69. The van der Waals surface area contributed by atoms with E-state index in [1.54, 1.807) is 0 Å². The van der Waals surface area contributed by atoms with Crippen molar-refractivity contribution in [2.24, 2.45) is 10.9 Å². The third-order valence-electron chi connectivity index (χ3n) is 3.81. The molecule has 0 aliphatic carbocycles. The summed E-state index contributed by atoms with van der Waals surface area (Å²) in [5, 5.41) is 11.6. The Morgan fingerprint density at radius 1 is 1.30 bits per heavy atom. The molecule has 0 saturated carbocycles. The van der Waals surface area contributed by atoms with E-state index in [0.29, 0.717) is 0 Å². The third kappa shape index (κ3) is 4.21. The number of benzene rings is 1. The summed E-state index contributed by atoms with van der Waals surface area (Å²) >= 11 is 0. The molecule has 0 spiro atoms. The molecular formula is C15H24N4O. The second-order valence-corrected chi connectivity index (χ2v) is 5.47. The molecule has 5 heteroatoms. The number of nitrogens with zero attached hydrogens (tertiary/aromatic N) is 3. The van der Waals surface area contributed by atoms with Gasteiger partial charge in [-0.2, -0.15) is 0 Å². The number of nitrogens with two attached hydrogens (primary N) is 1. The van der Waals surface area contributed by atoms with Gasteiger partial charge in [-0.3, -0.25) is 0 Å². The Bertz CT molecular complexity index is 438. The average Bonchev–Trinajstić information content (AvgIpc) is 2.98. The predicted octanol–water partition coefficient (Wildman–Crippen LogP) is 1.31. The van der Waals surface area contributed by atoms with Crippen molar-refractivity contribution in [3.05, 3.63) is 35.4 Å². The van der Waals surface area contributed by atoms with Crippen LogP contribution in [0.25, 0.3) is 0 Å². The van der Waals surface area contributed by atoms with E-state index in [2.05, 4.69) is 22.0 Å². The maximum absolute atomic E-state index is 8.63. The van der Waals surface area contributed by atoms with Crippen LogP contribution in [-0.2, 0) is 6.54 Å². The van der Waals surface area contributed by atoms with E-state index >= 15 is 0 Å². The minimum absolute atomic E-state index is 0.152. The molecule has 0 amide bonds. The molecule has 110 valence electrons. The SMILES string of the molecule is CN(CCN1CCCC1)Cc1ccc(C(N)=NO)cc1. The first-order valence-electron chi connectivity index (χ1n) is 7.17. The van der Waals surface area contributed by atoms with Crippen molar-refractivity contribution in [1.82, 2.24) is 9.80 Å². The lowest BCUT2D eigenvalue weighted by molar-refractivity contribution is 0.252. The van der Waals surface area contributed by atoms with Crippen LogP contribution < -0.4 is 5.73 Å². The Morgan fingerprint density at radius 3 is 2.55 bits per heavy atom. The summed E-state index contributed by atoms with van der Waals surface area (Å²) < 4.78 is 0. The number of oxime groups is 1. The molecule has 0 atom stereocenters. The lowest BCUT2D eigenvalue weighted by Gasteiger charge is -2.21. The smallest absolute Gasteiger partial charge is 0.170 e. The zero-order valence-electron chi connectivity index (χ0n) is 12.1. The fraction of sp³-hybridized carbons (Fsp3) is 0.533. The molecule has 1 aromatic carbocycles. The second-order valence-electron chi connectivity index (χ2n) is 5.47. The molecule has 0 aromatic heterocycles. The van der Waals surface area contributed by atoms with Gasteiger partial charge in [0.25, 0.3) is 0 Å². The highest BCUT2D eigenvalue weighted by Gasteiger charge is 2.11. The maximum atomic E-state index is 8.63. The van der Waals surface area contributed by atoms with E-state index in [4.69, 9.17) is 10.9 Å². The fourth-order valence-corrected chi connectivity index (χ4v) is 2.55. The number of likely N-dealkylation sites (tertiary alicyclic amines) is 1. The van der Waals surface area contributed by atoms with Gasteiger partial charge in [-0.25, -0.2) is 0 Å². The van der Waals surface area contributed by atoms with Crippen LogP contribution in [0.1, 0.15) is 24.0 Å². The molecule has 0 bridgehead atoms. The van der Waals surface area contributed by atoms with Gasteiger partial charge in [0.2, 0.25) is 0 Å². The van der Waals surface area contributed by atoms with Gasteiger partial charge in [0.05, 0.1) is 0 Å². The summed E-state index contributed by atoms with van der Waals surface area (Å²) in [6, 6.07) is 7.83. The molecule has 20 heavy (non-hydrogen) atoms. The van der Waals surface area contributed by atoms with Crippen molar-refractivity contribution < 1.29 is 5.21 Å². The van der Waals surface area contributed by atoms with Crippen LogP contribution in [0.5, 0.6) is 0 Å². The van der Waals surface area contributed by atoms with Crippen molar-refractivity contribution in [2.75, 3.05) is 33.2 Å². The molecule has 1 aliphatic heterocycles. The van der Waals surface area contributed by atoms with Gasteiger partial charge in [0.1, 0.15) is 0 Å². The molecule has 1 saturated heterocycles. The molecule has 1 aliphatic rings. The summed E-state index contributed by atoms with van der Waals surface area (Å²) in [7, 11) is 2.15. The molecule has 1 heterocycles. The van der Waals surface area contributed by atoms with Crippen LogP contribution in [0.3, 0.4) is 0 Å². The van der Waals surface area contributed by atoms with E-state index < -0.39 is 0 Å². The molecule has 5 nitrogen and oxygen atoms in total. The average molecular weight is 276 g/mol. The fourth-order valence-electron chi connectivity index (χ4n) is 2.55. The minimum atomic E-state index is 0.152. The van der Waals surface area contributed by atoms with E-state index in [9.17, 15) is 0 Å². The van der Waals surface area contributed by atoms with Crippen LogP contribution in [0.4, 0.5) is 0 Å². The van der Waals surface area contributed by atoms with E-state index in [-0.39, 0.29) is 5.84 Å². The highest BCUT2D eigenvalue weighted by molar-refractivity contribution is 5.96. The molecule has 1 fully saturated rings. The summed E-state index contributed by atoms with van der Waals surface area (Å²) in [6.07, 6.45) is 2.69. The van der Waals surface area contributed by atoms with Gasteiger partial charge >= 0.3 is 0 Å². The largest absolute Gasteiger partial charge is 0.409 e. The van der Waals surface area contributed by atoms with Gasteiger partial charge in [0, 0.05) is 25.2 Å². The Morgan fingerprint density at radius 2 is 1.95 bits per heavy atom. The molecular weight excluding hydrogens is 252 g/mol. The molecule has 0 radical (unpaired) electrons. The Kier molecular flexibility index (Phi) is 5.38. The summed E-state index contributed by atoms with van der Waals surface area (Å²) in [5.41, 5.74) is 7.53. The van der Waals surface area contributed by atoms with Crippen molar-refractivity contribution >= 4 is 5.84 Å². The number of hydrogen-bond acceptors (Lipinski definition) is 4. The second kappa shape index (κ2) is 7.26. The van der Waals surface area contributed by atoms with E-state index in [1.165, 1.54) is 31.5 Å². The lowest BCUT2D eigenvalue weighted by Crippen LogP contribution is -2.31. The van der Waals surface area contributed by atoms with E-state index in [1.807, 2.05) is 24.3 Å². The van der Waals surface area contributed by atoms with Crippen molar-refractivity contribution in [3.8, 4) is 0 Å². The summed E-state index contributed by atoms with van der Waals surface area (Å²) in [6.45, 7) is 5.66. The third-order valence-corrected chi connectivity index (χ3v) is 3.81. The quantitative estimate of drug-likeness (QED) is 0.356. The van der Waals surface area contributed by atoms with E-state index in [0.717, 1.165) is 25.2 Å². The standard InChI is InChI=1S/C15H24N4O/c1-18(10-11-19-8-2-3-9-19)12-13-4-6-14(7-5-13)15(16)17-20/h4-7,20H,2-3,8-12H2,1H3,(H2,16,17). The van der Waals surface area contributed by atoms with Gasteiger partial charge in [0.15, 0.2) is 5.84 Å². The van der Waals surface area contributed by atoms with Crippen LogP contribution in [0, 0.1) is 0 Å². The molecule has 3 N–H and O–H groups in total. The van der Waals surface area contributed by atoms with Gasteiger partial charge in [-0.15, -0.1) is 0 Å². The van der Waals surface area contributed by atoms with Crippen LogP contribution >= 0.6 is 0 Å². The Hall–Kier alpha value is -1.59.